The van der Waals surface area contributed by atoms with Crippen LogP contribution in [0.4, 0.5) is 0 Å². The molecule has 1 aliphatic rings. The SMILES string of the molecule is Cc1ccc([C@H](C)NC(=O)[C@H]2CCCN(S(=O)(=O)Cc3cccc(Cl)c3)C2)cc1. The quantitative estimate of drug-likeness (QED) is 0.745. The van der Waals surface area contributed by atoms with Gasteiger partial charge >= 0.3 is 0 Å². The van der Waals surface area contributed by atoms with Crippen LogP contribution in [0.5, 0.6) is 0 Å². The Morgan fingerprint density at radius 2 is 1.97 bits per heavy atom. The van der Waals surface area contributed by atoms with Gasteiger partial charge in [-0.2, -0.15) is 0 Å². The first-order valence-electron chi connectivity index (χ1n) is 9.84. The van der Waals surface area contributed by atoms with Crippen molar-refractivity contribution in [3.05, 3.63) is 70.2 Å². The summed E-state index contributed by atoms with van der Waals surface area (Å²) in [7, 11) is -3.51. The molecule has 1 fully saturated rings. The fourth-order valence-electron chi connectivity index (χ4n) is 3.61. The molecular weight excluding hydrogens is 408 g/mol. The summed E-state index contributed by atoms with van der Waals surface area (Å²) in [6, 6.07) is 14.8. The normalized spacial score (nSPS) is 18.9. The predicted octanol–water partition coefficient (Wildman–Crippen LogP) is 4.07. The van der Waals surface area contributed by atoms with Crippen LogP contribution in [0.2, 0.25) is 5.02 Å². The second kappa shape index (κ2) is 9.28. The van der Waals surface area contributed by atoms with Crippen molar-refractivity contribution >= 4 is 27.5 Å². The van der Waals surface area contributed by atoms with E-state index in [1.807, 2.05) is 38.1 Å². The van der Waals surface area contributed by atoms with E-state index >= 15 is 0 Å². The van der Waals surface area contributed by atoms with E-state index in [2.05, 4.69) is 5.32 Å². The zero-order valence-electron chi connectivity index (χ0n) is 16.8. The highest BCUT2D eigenvalue weighted by Gasteiger charge is 2.32. The van der Waals surface area contributed by atoms with E-state index < -0.39 is 10.0 Å². The zero-order chi connectivity index (χ0) is 21.0. The number of carbonyl (C=O) groups excluding carboxylic acids is 1. The summed E-state index contributed by atoms with van der Waals surface area (Å²) >= 11 is 5.97. The van der Waals surface area contributed by atoms with Crippen LogP contribution >= 0.6 is 11.6 Å². The van der Waals surface area contributed by atoms with Gasteiger partial charge in [0.1, 0.15) is 0 Å². The number of hydrogen-bond acceptors (Lipinski definition) is 3. The number of benzene rings is 2. The van der Waals surface area contributed by atoms with Gasteiger partial charge in [0, 0.05) is 18.1 Å². The average Bonchev–Trinajstić information content (AvgIpc) is 2.68. The van der Waals surface area contributed by atoms with E-state index in [1.165, 1.54) is 9.87 Å². The van der Waals surface area contributed by atoms with Gasteiger partial charge in [-0.25, -0.2) is 12.7 Å². The maximum atomic E-state index is 12.9. The molecule has 0 aliphatic carbocycles. The smallest absolute Gasteiger partial charge is 0.224 e. The van der Waals surface area contributed by atoms with Crippen molar-refractivity contribution < 1.29 is 13.2 Å². The molecule has 1 N–H and O–H groups in total. The molecular formula is C22H27ClN2O3S. The number of hydrogen-bond donors (Lipinski definition) is 1. The van der Waals surface area contributed by atoms with E-state index in [0.29, 0.717) is 30.0 Å². The van der Waals surface area contributed by atoms with Crippen molar-refractivity contribution in [2.45, 2.75) is 38.5 Å². The summed E-state index contributed by atoms with van der Waals surface area (Å²) in [5, 5.41) is 3.55. The van der Waals surface area contributed by atoms with Crippen molar-refractivity contribution in [3.63, 3.8) is 0 Å². The molecule has 5 nitrogen and oxygen atoms in total. The van der Waals surface area contributed by atoms with Crippen LogP contribution in [0.1, 0.15) is 42.5 Å². The third kappa shape index (κ3) is 5.81. The van der Waals surface area contributed by atoms with Crippen molar-refractivity contribution in [2.75, 3.05) is 13.1 Å². The van der Waals surface area contributed by atoms with Crippen molar-refractivity contribution in [1.29, 1.82) is 0 Å². The molecule has 1 aliphatic heterocycles. The third-order valence-corrected chi connectivity index (χ3v) is 7.37. The minimum absolute atomic E-state index is 0.0965. The van der Waals surface area contributed by atoms with Crippen LogP contribution < -0.4 is 5.32 Å². The van der Waals surface area contributed by atoms with Crippen molar-refractivity contribution in [1.82, 2.24) is 9.62 Å². The van der Waals surface area contributed by atoms with Gasteiger partial charge in [0.05, 0.1) is 17.7 Å². The Bertz CT molecular complexity index is 960. The van der Waals surface area contributed by atoms with Crippen LogP contribution in [-0.2, 0) is 20.6 Å². The van der Waals surface area contributed by atoms with Gasteiger partial charge in [0.2, 0.25) is 15.9 Å². The summed E-state index contributed by atoms with van der Waals surface area (Å²) < 4.78 is 27.2. The Morgan fingerprint density at radius 3 is 2.66 bits per heavy atom. The highest BCUT2D eigenvalue weighted by molar-refractivity contribution is 7.88. The largest absolute Gasteiger partial charge is 0.349 e. The number of aryl methyl sites for hydroxylation is 1. The van der Waals surface area contributed by atoms with E-state index in [4.69, 9.17) is 11.6 Å². The molecule has 0 bridgehead atoms. The van der Waals surface area contributed by atoms with Crippen LogP contribution in [0, 0.1) is 12.8 Å². The highest BCUT2D eigenvalue weighted by atomic mass is 35.5. The molecule has 1 saturated heterocycles. The minimum Gasteiger partial charge on any atom is -0.349 e. The number of carbonyl (C=O) groups is 1. The topological polar surface area (TPSA) is 66.5 Å². The highest BCUT2D eigenvalue weighted by Crippen LogP contribution is 2.23. The van der Waals surface area contributed by atoms with Gasteiger partial charge < -0.3 is 5.32 Å². The summed E-state index contributed by atoms with van der Waals surface area (Å²) in [6.45, 7) is 4.63. The fourth-order valence-corrected chi connectivity index (χ4v) is 5.42. The first-order chi connectivity index (χ1) is 13.7. The van der Waals surface area contributed by atoms with Crippen LogP contribution in [-0.4, -0.2) is 31.7 Å². The second-order valence-corrected chi connectivity index (χ2v) is 10.1. The summed E-state index contributed by atoms with van der Waals surface area (Å²) in [5.41, 5.74) is 2.85. The van der Waals surface area contributed by atoms with Gasteiger partial charge in [-0.1, -0.05) is 53.6 Å². The maximum absolute atomic E-state index is 12.9. The number of nitrogens with one attached hydrogen (secondary N) is 1. The van der Waals surface area contributed by atoms with Crippen LogP contribution in [0.3, 0.4) is 0 Å². The Morgan fingerprint density at radius 1 is 1.24 bits per heavy atom. The lowest BCUT2D eigenvalue weighted by Crippen LogP contribution is -2.46. The number of piperidine rings is 1. The minimum atomic E-state index is -3.51. The molecule has 3 rings (SSSR count). The molecule has 0 unspecified atom stereocenters. The van der Waals surface area contributed by atoms with E-state index in [9.17, 15) is 13.2 Å². The number of nitrogens with zero attached hydrogens (tertiary/aromatic N) is 1. The number of halogens is 1. The Balaban J connectivity index is 1.63. The molecule has 2 atom stereocenters. The van der Waals surface area contributed by atoms with Crippen LogP contribution in [0.15, 0.2) is 48.5 Å². The van der Waals surface area contributed by atoms with Crippen LogP contribution in [0.25, 0.3) is 0 Å². The number of rotatable bonds is 6. The molecule has 29 heavy (non-hydrogen) atoms. The molecule has 1 heterocycles. The molecule has 2 aromatic rings. The van der Waals surface area contributed by atoms with Crippen molar-refractivity contribution in [2.24, 2.45) is 5.92 Å². The number of sulfonamides is 1. The molecule has 2 aromatic carbocycles. The number of amides is 1. The zero-order valence-corrected chi connectivity index (χ0v) is 18.3. The monoisotopic (exact) mass is 434 g/mol. The van der Waals surface area contributed by atoms with Crippen molar-refractivity contribution in [3.8, 4) is 0 Å². The van der Waals surface area contributed by atoms with Gasteiger partial charge in [0.15, 0.2) is 0 Å². The van der Waals surface area contributed by atoms with Gasteiger partial charge in [-0.3, -0.25) is 4.79 Å². The van der Waals surface area contributed by atoms with E-state index in [1.54, 1.807) is 24.3 Å². The molecule has 156 valence electrons. The van der Waals surface area contributed by atoms with Gasteiger partial charge in [-0.05, 0) is 49.9 Å². The Hall–Kier alpha value is -1.89. The Labute approximate surface area is 178 Å². The second-order valence-electron chi connectivity index (χ2n) is 7.72. The van der Waals surface area contributed by atoms with Gasteiger partial charge in [-0.15, -0.1) is 0 Å². The summed E-state index contributed by atoms with van der Waals surface area (Å²) in [6.07, 6.45) is 1.36. The Kier molecular flexibility index (Phi) is 6.98. The summed E-state index contributed by atoms with van der Waals surface area (Å²) in [4.78, 5) is 12.8. The molecule has 7 heteroatoms. The molecule has 0 saturated carbocycles. The summed E-state index contributed by atoms with van der Waals surface area (Å²) in [5.74, 6) is -0.548. The predicted molar refractivity (Wildman–Crippen MR) is 116 cm³/mol. The third-order valence-electron chi connectivity index (χ3n) is 5.32. The van der Waals surface area contributed by atoms with E-state index in [-0.39, 0.29) is 30.2 Å². The molecule has 0 aromatic heterocycles. The first-order valence-corrected chi connectivity index (χ1v) is 11.8. The van der Waals surface area contributed by atoms with Gasteiger partial charge in [0.25, 0.3) is 0 Å². The fraction of sp³-hybridized carbons (Fsp3) is 0.409. The lowest BCUT2D eigenvalue weighted by Gasteiger charge is -2.32. The maximum Gasteiger partial charge on any atom is 0.224 e. The molecule has 0 spiro atoms. The average molecular weight is 435 g/mol. The lowest BCUT2D eigenvalue weighted by atomic mass is 9.97. The molecule has 1 amide bonds. The lowest BCUT2D eigenvalue weighted by molar-refractivity contribution is -0.126. The first kappa shape index (κ1) is 21.8. The standard InChI is InChI=1S/C22H27ClN2O3S/c1-16-8-10-19(11-9-16)17(2)24-22(26)20-6-4-12-25(14-20)29(27,28)15-18-5-3-7-21(23)13-18/h3,5,7-11,13,17,20H,4,6,12,14-15H2,1-2H3,(H,24,26)/t17-,20-/m0/s1. The van der Waals surface area contributed by atoms with E-state index in [0.717, 1.165) is 5.56 Å². The molecule has 0 radical (unpaired) electrons.